The van der Waals surface area contributed by atoms with E-state index in [2.05, 4.69) is 44.3 Å². The third-order valence-corrected chi connectivity index (χ3v) is 3.78. The van der Waals surface area contributed by atoms with Gasteiger partial charge < -0.3 is 14.8 Å². The van der Waals surface area contributed by atoms with E-state index in [1.54, 1.807) is 0 Å². The van der Waals surface area contributed by atoms with Crippen molar-refractivity contribution in [2.75, 3.05) is 26.4 Å². The van der Waals surface area contributed by atoms with Crippen molar-refractivity contribution in [2.24, 2.45) is 0 Å². The summed E-state index contributed by atoms with van der Waals surface area (Å²) in [4.78, 5) is 0. The smallest absolute Gasteiger partial charge is 0.0965 e. The van der Waals surface area contributed by atoms with Crippen molar-refractivity contribution in [3.63, 3.8) is 0 Å². The zero-order valence-electron chi connectivity index (χ0n) is 12.2. The highest BCUT2D eigenvalue weighted by molar-refractivity contribution is 5.30. The van der Waals surface area contributed by atoms with Crippen molar-refractivity contribution in [3.8, 4) is 0 Å². The molecule has 1 heterocycles. The number of rotatable bonds is 5. The number of hydrogen-bond acceptors (Lipinski definition) is 3. The summed E-state index contributed by atoms with van der Waals surface area (Å²) in [5, 5.41) is 3.53. The lowest BCUT2D eigenvalue weighted by atomic mass is 9.98. The third-order valence-electron chi connectivity index (χ3n) is 3.78. The van der Waals surface area contributed by atoms with Crippen LogP contribution in [0.5, 0.6) is 0 Å². The van der Waals surface area contributed by atoms with Gasteiger partial charge in [-0.2, -0.15) is 0 Å². The van der Waals surface area contributed by atoms with Gasteiger partial charge >= 0.3 is 0 Å². The van der Waals surface area contributed by atoms with Crippen LogP contribution in [0.4, 0.5) is 0 Å². The molecule has 2 atom stereocenters. The molecule has 0 radical (unpaired) electrons. The molecular formula is C16H25NO2. The van der Waals surface area contributed by atoms with E-state index in [0.29, 0.717) is 19.3 Å². The minimum Gasteiger partial charge on any atom is -0.376 e. The number of ether oxygens (including phenoxy) is 2. The van der Waals surface area contributed by atoms with Crippen LogP contribution in [0.1, 0.15) is 23.6 Å². The summed E-state index contributed by atoms with van der Waals surface area (Å²) < 4.78 is 11.4. The second-order valence-electron chi connectivity index (χ2n) is 5.27. The van der Waals surface area contributed by atoms with Crippen LogP contribution in [0.25, 0.3) is 0 Å². The first-order valence-corrected chi connectivity index (χ1v) is 7.19. The van der Waals surface area contributed by atoms with E-state index in [9.17, 15) is 0 Å². The first-order valence-electron chi connectivity index (χ1n) is 7.19. The monoisotopic (exact) mass is 263 g/mol. The molecule has 1 aromatic rings. The van der Waals surface area contributed by atoms with E-state index in [0.717, 1.165) is 19.6 Å². The lowest BCUT2D eigenvalue weighted by Gasteiger charge is -2.31. The second kappa shape index (κ2) is 7.04. The van der Waals surface area contributed by atoms with Gasteiger partial charge in [-0.15, -0.1) is 0 Å². The Balaban J connectivity index is 2.04. The quantitative estimate of drug-likeness (QED) is 0.884. The SMILES string of the molecule is CCNC(Cc1ccc(C)c(C)c1)C1COCCO1. The topological polar surface area (TPSA) is 30.5 Å². The highest BCUT2D eigenvalue weighted by atomic mass is 16.6. The molecule has 0 aromatic heterocycles. The Morgan fingerprint density at radius 3 is 2.74 bits per heavy atom. The standard InChI is InChI=1S/C16H25NO2/c1-4-17-15(16-11-18-7-8-19-16)10-14-6-5-12(2)13(3)9-14/h5-6,9,15-17H,4,7-8,10-11H2,1-3H3. The molecule has 1 N–H and O–H groups in total. The second-order valence-corrected chi connectivity index (χ2v) is 5.27. The average molecular weight is 263 g/mol. The lowest BCUT2D eigenvalue weighted by Crippen LogP contribution is -2.47. The molecule has 3 heteroatoms. The minimum absolute atomic E-state index is 0.162. The van der Waals surface area contributed by atoms with Gasteiger partial charge in [0.15, 0.2) is 0 Å². The van der Waals surface area contributed by atoms with Gasteiger partial charge in [-0.25, -0.2) is 0 Å². The molecule has 0 saturated carbocycles. The molecule has 1 saturated heterocycles. The van der Waals surface area contributed by atoms with Crippen LogP contribution >= 0.6 is 0 Å². The van der Waals surface area contributed by atoms with E-state index in [1.165, 1.54) is 16.7 Å². The van der Waals surface area contributed by atoms with Crippen LogP contribution < -0.4 is 5.32 Å². The van der Waals surface area contributed by atoms with Crippen LogP contribution in [-0.2, 0) is 15.9 Å². The summed E-state index contributed by atoms with van der Waals surface area (Å²) in [6, 6.07) is 7.03. The Hall–Kier alpha value is -0.900. The van der Waals surface area contributed by atoms with Crippen LogP contribution in [0.3, 0.4) is 0 Å². The summed E-state index contributed by atoms with van der Waals surface area (Å²) >= 11 is 0. The van der Waals surface area contributed by atoms with Crippen LogP contribution in [-0.4, -0.2) is 38.5 Å². The predicted octanol–water partition coefficient (Wildman–Crippen LogP) is 2.24. The van der Waals surface area contributed by atoms with Crippen molar-refractivity contribution < 1.29 is 9.47 Å². The maximum absolute atomic E-state index is 5.83. The normalized spacial score (nSPS) is 21.3. The van der Waals surface area contributed by atoms with Crippen LogP contribution in [0.2, 0.25) is 0 Å². The zero-order chi connectivity index (χ0) is 13.7. The first kappa shape index (κ1) is 14.5. The Morgan fingerprint density at radius 2 is 2.11 bits per heavy atom. The Bertz CT molecular complexity index is 400. The molecule has 2 rings (SSSR count). The zero-order valence-corrected chi connectivity index (χ0v) is 12.2. The molecule has 19 heavy (non-hydrogen) atoms. The van der Waals surface area contributed by atoms with E-state index < -0.39 is 0 Å². The number of likely N-dealkylation sites (N-methyl/N-ethyl adjacent to an activating group) is 1. The number of aryl methyl sites for hydroxylation is 2. The van der Waals surface area contributed by atoms with Gasteiger partial charge in [0.25, 0.3) is 0 Å². The minimum atomic E-state index is 0.162. The summed E-state index contributed by atoms with van der Waals surface area (Å²) in [6.45, 7) is 9.54. The van der Waals surface area contributed by atoms with Gasteiger partial charge in [-0.05, 0) is 43.5 Å². The molecular weight excluding hydrogens is 238 g/mol. The summed E-state index contributed by atoms with van der Waals surface area (Å²) in [7, 11) is 0. The largest absolute Gasteiger partial charge is 0.376 e. The molecule has 3 nitrogen and oxygen atoms in total. The molecule has 1 aliphatic heterocycles. The van der Waals surface area contributed by atoms with Crippen LogP contribution in [0, 0.1) is 13.8 Å². The maximum atomic E-state index is 5.83. The van der Waals surface area contributed by atoms with Crippen molar-refractivity contribution in [1.29, 1.82) is 0 Å². The summed E-state index contributed by atoms with van der Waals surface area (Å²) in [6.07, 6.45) is 1.15. The van der Waals surface area contributed by atoms with Gasteiger partial charge in [0.2, 0.25) is 0 Å². The number of benzene rings is 1. The molecule has 0 aliphatic carbocycles. The molecule has 106 valence electrons. The molecule has 1 aliphatic rings. The third kappa shape index (κ3) is 4.03. The predicted molar refractivity (Wildman–Crippen MR) is 77.6 cm³/mol. The van der Waals surface area contributed by atoms with Crippen molar-refractivity contribution in [1.82, 2.24) is 5.32 Å². The van der Waals surface area contributed by atoms with Crippen molar-refractivity contribution >= 4 is 0 Å². The molecule has 1 aromatic carbocycles. The Labute approximate surface area is 116 Å². The maximum Gasteiger partial charge on any atom is 0.0965 e. The van der Waals surface area contributed by atoms with Crippen LogP contribution in [0.15, 0.2) is 18.2 Å². The summed E-state index contributed by atoms with van der Waals surface area (Å²) in [5.41, 5.74) is 4.07. The van der Waals surface area contributed by atoms with Gasteiger partial charge in [0.1, 0.15) is 0 Å². The average Bonchev–Trinajstić information content (AvgIpc) is 2.43. The van der Waals surface area contributed by atoms with E-state index >= 15 is 0 Å². The molecule has 1 fully saturated rings. The molecule has 2 unspecified atom stereocenters. The fraction of sp³-hybridized carbons (Fsp3) is 0.625. The lowest BCUT2D eigenvalue weighted by molar-refractivity contribution is -0.101. The highest BCUT2D eigenvalue weighted by Gasteiger charge is 2.24. The Kier molecular flexibility index (Phi) is 5.37. The first-order chi connectivity index (χ1) is 9.20. The van der Waals surface area contributed by atoms with Gasteiger partial charge in [-0.3, -0.25) is 0 Å². The van der Waals surface area contributed by atoms with Crippen molar-refractivity contribution in [2.45, 2.75) is 39.3 Å². The van der Waals surface area contributed by atoms with Crippen molar-refractivity contribution in [3.05, 3.63) is 34.9 Å². The van der Waals surface area contributed by atoms with Gasteiger partial charge in [0, 0.05) is 6.04 Å². The fourth-order valence-corrected chi connectivity index (χ4v) is 2.52. The molecule has 0 bridgehead atoms. The fourth-order valence-electron chi connectivity index (χ4n) is 2.52. The number of hydrogen-bond donors (Lipinski definition) is 1. The number of nitrogens with one attached hydrogen (secondary N) is 1. The van der Waals surface area contributed by atoms with E-state index in [4.69, 9.17) is 9.47 Å². The summed E-state index contributed by atoms with van der Waals surface area (Å²) in [5.74, 6) is 0. The van der Waals surface area contributed by atoms with Gasteiger partial charge in [0.05, 0.1) is 25.9 Å². The Morgan fingerprint density at radius 1 is 1.26 bits per heavy atom. The highest BCUT2D eigenvalue weighted by Crippen LogP contribution is 2.15. The molecule has 0 spiro atoms. The van der Waals surface area contributed by atoms with E-state index in [-0.39, 0.29) is 6.10 Å². The van der Waals surface area contributed by atoms with E-state index in [1.807, 2.05) is 0 Å². The molecule has 0 amide bonds. The van der Waals surface area contributed by atoms with Gasteiger partial charge in [-0.1, -0.05) is 25.1 Å².